The lowest BCUT2D eigenvalue weighted by Crippen LogP contribution is -2.45. The van der Waals surface area contributed by atoms with Gasteiger partial charge in [0.1, 0.15) is 17.6 Å². The molecule has 28 heavy (non-hydrogen) atoms. The fourth-order valence-electron chi connectivity index (χ4n) is 2.56. The molecular formula is C20H28ClNO5Si. The molecule has 1 aromatic carbocycles. The number of benzene rings is 1. The Morgan fingerprint density at radius 1 is 1.32 bits per heavy atom. The molecule has 1 amide bonds. The highest BCUT2D eigenvalue weighted by atomic mass is 35.5. The Kier molecular flexibility index (Phi) is 6.96. The molecule has 1 aromatic rings. The van der Waals surface area contributed by atoms with Gasteiger partial charge in [-0.05, 0) is 30.3 Å². The molecule has 0 fully saturated rings. The van der Waals surface area contributed by atoms with Gasteiger partial charge in [0.2, 0.25) is 0 Å². The Balaban J connectivity index is 2.00. The van der Waals surface area contributed by atoms with Crippen molar-refractivity contribution >= 4 is 31.8 Å². The van der Waals surface area contributed by atoms with Crippen LogP contribution in [-0.2, 0) is 14.0 Å². The zero-order valence-corrected chi connectivity index (χ0v) is 18.7. The predicted octanol–water partition coefficient (Wildman–Crippen LogP) is 4.31. The molecule has 0 saturated heterocycles. The highest BCUT2D eigenvalue weighted by Crippen LogP contribution is 2.36. The van der Waals surface area contributed by atoms with Crippen LogP contribution in [0, 0.1) is 0 Å². The Morgan fingerprint density at radius 2 is 1.96 bits per heavy atom. The lowest BCUT2D eigenvalue weighted by Gasteiger charge is -2.36. The largest absolute Gasteiger partial charge is 0.480 e. The number of ether oxygens (including phenoxy) is 1. The van der Waals surface area contributed by atoms with Crippen LogP contribution in [0.5, 0.6) is 5.75 Å². The summed E-state index contributed by atoms with van der Waals surface area (Å²) >= 11 is 6.08. The SMILES string of the molecule is CC(C)(C)[Si](C)(C)OCC[C@@H](C(=O)O)N1CC(Oc2ccccc2Cl)=CC1=O. The normalized spacial score (nSPS) is 16.1. The molecule has 8 heteroatoms. The smallest absolute Gasteiger partial charge is 0.326 e. The quantitative estimate of drug-likeness (QED) is 0.628. The zero-order chi connectivity index (χ0) is 21.1. The molecule has 1 N–H and O–H groups in total. The van der Waals surface area contributed by atoms with E-state index in [-0.39, 0.29) is 30.5 Å². The summed E-state index contributed by atoms with van der Waals surface area (Å²) in [5.74, 6) is -0.644. The molecule has 0 radical (unpaired) electrons. The minimum Gasteiger partial charge on any atom is -0.480 e. The van der Waals surface area contributed by atoms with Crippen LogP contribution in [-0.4, -0.2) is 49.4 Å². The standard InChI is InChI=1S/C20H28ClNO5Si/c1-20(2,3)28(4,5)26-11-10-16(19(24)25)22-13-14(12-18(22)23)27-17-9-7-6-8-15(17)21/h6-9,12,16H,10-11,13H2,1-5H3,(H,24,25)/t16-/m0/s1. The van der Waals surface area contributed by atoms with Crippen LogP contribution in [0.2, 0.25) is 23.2 Å². The molecule has 1 atom stereocenters. The van der Waals surface area contributed by atoms with Crippen LogP contribution in [0.1, 0.15) is 27.2 Å². The molecule has 0 bridgehead atoms. The number of rotatable bonds is 8. The summed E-state index contributed by atoms with van der Waals surface area (Å²) < 4.78 is 11.8. The van der Waals surface area contributed by atoms with Crippen molar-refractivity contribution in [1.82, 2.24) is 4.90 Å². The number of halogens is 1. The number of aliphatic carboxylic acids is 1. The van der Waals surface area contributed by atoms with Gasteiger partial charge in [-0.3, -0.25) is 4.79 Å². The van der Waals surface area contributed by atoms with E-state index in [1.807, 2.05) is 0 Å². The van der Waals surface area contributed by atoms with E-state index in [0.717, 1.165) is 0 Å². The van der Waals surface area contributed by atoms with E-state index in [1.165, 1.54) is 11.0 Å². The van der Waals surface area contributed by atoms with Crippen LogP contribution in [0.15, 0.2) is 36.1 Å². The average Bonchev–Trinajstić information content (AvgIpc) is 2.92. The summed E-state index contributed by atoms with van der Waals surface area (Å²) in [6.07, 6.45) is 1.54. The molecule has 1 aliphatic heterocycles. The van der Waals surface area contributed by atoms with E-state index in [2.05, 4.69) is 33.9 Å². The Bertz CT molecular complexity index is 772. The average molecular weight is 426 g/mol. The second-order valence-electron chi connectivity index (χ2n) is 8.36. The summed E-state index contributed by atoms with van der Waals surface area (Å²) in [7, 11) is -1.98. The van der Waals surface area contributed by atoms with Gasteiger partial charge < -0.3 is 19.2 Å². The summed E-state index contributed by atoms with van der Waals surface area (Å²) in [5.41, 5.74) is 0. The molecule has 2 rings (SSSR count). The number of nitrogens with zero attached hydrogens (tertiary/aromatic N) is 1. The molecule has 0 spiro atoms. The third kappa shape index (κ3) is 5.37. The van der Waals surface area contributed by atoms with Crippen molar-refractivity contribution in [3.8, 4) is 5.75 Å². The summed E-state index contributed by atoms with van der Waals surface area (Å²) in [4.78, 5) is 25.4. The van der Waals surface area contributed by atoms with Gasteiger partial charge in [0.25, 0.3) is 5.91 Å². The first-order valence-electron chi connectivity index (χ1n) is 9.23. The molecular weight excluding hydrogens is 398 g/mol. The molecule has 0 saturated carbocycles. The van der Waals surface area contributed by atoms with Crippen molar-refractivity contribution < 1.29 is 23.9 Å². The first-order chi connectivity index (χ1) is 12.9. The van der Waals surface area contributed by atoms with Gasteiger partial charge in [-0.15, -0.1) is 0 Å². The summed E-state index contributed by atoms with van der Waals surface area (Å²) in [6.45, 7) is 11.0. The Hall–Kier alpha value is -1.83. The molecule has 0 aliphatic carbocycles. The van der Waals surface area contributed by atoms with Gasteiger partial charge in [0, 0.05) is 19.1 Å². The molecule has 1 heterocycles. The second-order valence-corrected chi connectivity index (χ2v) is 13.6. The maximum absolute atomic E-state index is 12.4. The van der Waals surface area contributed by atoms with Crippen molar-refractivity contribution in [3.05, 3.63) is 41.1 Å². The van der Waals surface area contributed by atoms with Crippen molar-refractivity contribution in [2.24, 2.45) is 0 Å². The first kappa shape index (κ1) is 22.5. The van der Waals surface area contributed by atoms with Crippen molar-refractivity contribution in [1.29, 1.82) is 0 Å². The number of amides is 1. The number of carbonyl (C=O) groups excluding carboxylic acids is 1. The van der Waals surface area contributed by atoms with Crippen LogP contribution >= 0.6 is 11.6 Å². The number of carbonyl (C=O) groups is 2. The van der Waals surface area contributed by atoms with Gasteiger partial charge in [-0.25, -0.2) is 4.79 Å². The zero-order valence-electron chi connectivity index (χ0n) is 17.0. The number of para-hydroxylation sites is 1. The molecule has 6 nitrogen and oxygen atoms in total. The highest BCUT2D eigenvalue weighted by molar-refractivity contribution is 6.74. The van der Waals surface area contributed by atoms with Crippen LogP contribution in [0.25, 0.3) is 0 Å². The lowest BCUT2D eigenvalue weighted by molar-refractivity contribution is -0.148. The molecule has 0 unspecified atom stereocenters. The topological polar surface area (TPSA) is 76.1 Å². The fraction of sp³-hybridized carbons (Fsp3) is 0.500. The number of carboxylic acids is 1. The van der Waals surface area contributed by atoms with Gasteiger partial charge in [-0.1, -0.05) is 44.5 Å². The number of hydrogen-bond acceptors (Lipinski definition) is 4. The predicted molar refractivity (Wildman–Crippen MR) is 111 cm³/mol. The Morgan fingerprint density at radius 3 is 2.54 bits per heavy atom. The van der Waals surface area contributed by atoms with Crippen molar-refractivity contribution in [2.45, 2.75) is 51.4 Å². The second kappa shape index (κ2) is 8.67. The van der Waals surface area contributed by atoms with Crippen molar-refractivity contribution in [2.75, 3.05) is 13.2 Å². The van der Waals surface area contributed by atoms with E-state index in [4.69, 9.17) is 20.8 Å². The van der Waals surface area contributed by atoms with Gasteiger partial charge in [0.15, 0.2) is 8.32 Å². The number of carboxylic acid groups (broad SMARTS) is 1. The van der Waals surface area contributed by atoms with E-state index in [9.17, 15) is 14.7 Å². The van der Waals surface area contributed by atoms with Crippen LogP contribution in [0.3, 0.4) is 0 Å². The third-order valence-corrected chi connectivity index (χ3v) is 10.1. The number of hydrogen-bond donors (Lipinski definition) is 1. The van der Waals surface area contributed by atoms with Crippen LogP contribution < -0.4 is 4.74 Å². The van der Waals surface area contributed by atoms with Crippen LogP contribution in [0.4, 0.5) is 0 Å². The third-order valence-electron chi connectivity index (χ3n) is 5.29. The Labute approximate surface area is 172 Å². The maximum Gasteiger partial charge on any atom is 0.326 e. The molecule has 1 aliphatic rings. The van der Waals surface area contributed by atoms with Gasteiger partial charge in [0.05, 0.1) is 11.6 Å². The summed E-state index contributed by atoms with van der Waals surface area (Å²) in [5, 5.41) is 10.1. The minimum atomic E-state index is -1.98. The van der Waals surface area contributed by atoms with Gasteiger partial charge in [-0.2, -0.15) is 0 Å². The van der Waals surface area contributed by atoms with E-state index in [1.54, 1.807) is 24.3 Å². The monoisotopic (exact) mass is 425 g/mol. The summed E-state index contributed by atoms with van der Waals surface area (Å²) in [6, 6.07) is 5.95. The van der Waals surface area contributed by atoms with E-state index >= 15 is 0 Å². The highest BCUT2D eigenvalue weighted by Gasteiger charge is 2.38. The molecule has 154 valence electrons. The van der Waals surface area contributed by atoms with Crippen molar-refractivity contribution in [3.63, 3.8) is 0 Å². The van der Waals surface area contributed by atoms with E-state index < -0.39 is 20.3 Å². The lowest BCUT2D eigenvalue weighted by atomic mass is 10.2. The minimum absolute atomic E-state index is 0.0344. The van der Waals surface area contributed by atoms with E-state index in [0.29, 0.717) is 16.5 Å². The fourth-order valence-corrected chi connectivity index (χ4v) is 3.80. The first-order valence-corrected chi connectivity index (χ1v) is 12.5. The maximum atomic E-state index is 12.4. The molecule has 0 aromatic heterocycles. The van der Waals surface area contributed by atoms with Gasteiger partial charge >= 0.3 is 5.97 Å².